The largest absolute Gasteiger partial charge is 0.508 e. The molecule has 1 amide bonds. The smallest absolute Gasteiger partial charge is 0.251 e. The third-order valence-electron chi connectivity index (χ3n) is 4.28. The molecule has 0 aromatic heterocycles. The third-order valence-corrected chi connectivity index (χ3v) is 4.28. The SMILES string of the molecule is CCNC(=NCCCNC(=O)c1cccc(O)c1)N1CCCC(C)C1.I. The quantitative estimate of drug-likeness (QED) is 0.257. The second kappa shape index (κ2) is 12.0. The Morgan fingerprint density at radius 1 is 1.38 bits per heavy atom. The van der Waals surface area contributed by atoms with Gasteiger partial charge in [-0.3, -0.25) is 9.79 Å². The van der Waals surface area contributed by atoms with Gasteiger partial charge in [-0.15, -0.1) is 24.0 Å². The highest BCUT2D eigenvalue weighted by molar-refractivity contribution is 14.0. The zero-order chi connectivity index (χ0) is 18.1. The minimum Gasteiger partial charge on any atom is -0.508 e. The molecule has 1 aromatic rings. The standard InChI is InChI=1S/C19H30N4O2.HI/c1-3-20-19(23-12-5-7-15(2)14-23)22-11-6-10-21-18(25)16-8-4-9-17(24)13-16;/h4,8-9,13,15,24H,3,5-7,10-12,14H2,1-2H3,(H,20,22)(H,21,25);1H. The summed E-state index contributed by atoms with van der Waals surface area (Å²) < 4.78 is 0. The number of aromatic hydroxyl groups is 1. The van der Waals surface area contributed by atoms with E-state index in [1.54, 1.807) is 18.2 Å². The summed E-state index contributed by atoms with van der Waals surface area (Å²) in [6.45, 7) is 8.58. The number of likely N-dealkylation sites (tertiary alicyclic amines) is 1. The summed E-state index contributed by atoms with van der Waals surface area (Å²) in [6, 6.07) is 6.37. The first-order valence-electron chi connectivity index (χ1n) is 9.20. The molecule has 0 aliphatic carbocycles. The van der Waals surface area contributed by atoms with Gasteiger partial charge < -0.3 is 20.6 Å². The van der Waals surface area contributed by atoms with Gasteiger partial charge in [0.2, 0.25) is 0 Å². The molecule has 6 nitrogen and oxygen atoms in total. The summed E-state index contributed by atoms with van der Waals surface area (Å²) >= 11 is 0. The van der Waals surface area contributed by atoms with Crippen molar-refractivity contribution in [1.82, 2.24) is 15.5 Å². The van der Waals surface area contributed by atoms with Crippen molar-refractivity contribution in [3.05, 3.63) is 29.8 Å². The third kappa shape index (κ3) is 7.39. The lowest BCUT2D eigenvalue weighted by atomic mass is 10.0. The Kier molecular flexibility index (Phi) is 10.4. The molecular formula is C19H31IN4O2. The van der Waals surface area contributed by atoms with Crippen molar-refractivity contribution >= 4 is 35.8 Å². The predicted molar refractivity (Wildman–Crippen MR) is 116 cm³/mol. The molecule has 0 radical (unpaired) electrons. The van der Waals surface area contributed by atoms with Crippen LogP contribution in [0.4, 0.5) is 0 Å². The molecule has 1 saturated heterocycles. The normalized spacial score (nSPS) is 17.4. The number of amides is 1. The van der Waals surface area contributed by atoms with Crippen molar-refractivity contribution in [2.24, 2.45) is 10.9 Å². The van der Waals surface area contributed by atoms with E-state index in [4.69, 9.17) is 4.99 Å². The Bertz CT molecular complexity index is 595. The molecule has 0 spiro atoms. The molecular weight excluding hydrogens is 443 g/mol. The van der Waals surface area contributed by atoms with Gasteiger partial charge in [-0.1, -0.05) is 13.0 Å². The highest BCUT2D eigenvalue weighted by Crippen LogP contribution is 2.15. The second-order valence-electron chi connectivity index (χ2n) is 6.59. The van der Waals surface area contributed by atoms with E-state index in [0.717, 1.165) is 32.0 Å². The average molecular weight is 474 g/mol. The summed E-state index contributed by atoms with van der Waals surface area (Å²) in [5.41, 5.74) is 0.471. The van der Waals surface area contributed by atoms with Crippen LogP contribution in [0.25, 0.3) is 0 Å². The molecule has 146 valence electrons. The summed E-state index contributed by atoms with van der Waals surface area (Å²) in [6.07, 6.45) is 3.28. The minimum absolute atomic E-state index is 0. The fraction of sp³-hybridized carbons (Fsp3) is 0.579. The van der Waals surface area contributed by atoms with Crippen LogP contribution in [0.3, 0.4) is 0 Å². The summed E-state index contributed by atoms with van der Waals surface area (Å²) in [4.78, 5) is 19.0. The molecule has 1 unspecified atom stereocenters. The zero-order valence-electron chi connectivity index (χ0n) is 15.7. The topological polar surface area (TPSA) is 77.0 Å². The van der Waals surface area contributed by atoms with Crippen LogP contribution < -0.4 is 10.6 Å². The van der Waals surface area contributed by atoms with Gasteiger partial charge in [0.25, 0.3) is 5.91 Å². The molecule has 1 fully saturated rings. The van der Waals surface area contributed by atoms with Crippen LogP contribution in [0.2, 0.25) is 0 Å². The molecule has 0 bridgehead atoms. The van der Waals surface area contributed by atoms with Crippen LogP contribution in [-0.4, -0.2) is 54.6 Å². The zero-order valence-corrected chi connectivity index (χ0v) is 18.0. The maximum Gasteiger partial charge on any atom is 0.251 e. The minimum atomic E-state index is -0.170. The molecule has 3 N–H and O–H groups in total. The molecule has 2 rings (SSSR count). The number of nitrogens with zero attached hydrogens (tertiary/aromatic N) is 2. The van der Waals surface area contributed by atoms with E-state index < -0.39 is 0 Å². The van der Waals surface area contributed by atoms with Gasteiger partial charge in [0, 0.05) is 38.3 Å². The first kappa shape index (κ1) is 22.5. The van der Waals surface area contributed by atoms with Gasteiger partial charge in [0.15, 0.2) is 5.96 Å². The predicted octanol–water partition coefficient (Wildman–Crippen LogP) is 2.83. The van der Waals surface area contributed by atoms with Crippen molar-refractivity contribution in [2.45, 2.75) is 33.1 Å². The molecule has 26 heavy (non-hydrogen) atoms. The molecule has 1 aliphatic heterocycles. The molecule has 0 saturated carbocycles. The molecule has 1 heterocycles. The molecule has 1 aliphatic rings. The van der Waals surface area contributed by atoms with E-state index >= 15 is 0 Å². The van der Waals surface area contributed by atoms with Gasteiger partial charge in [-0.05, 0) is 50.3 Å². The van der Waals surface area contributed by atoms with E-state index in [1.165, 1.54) is 18.9 Å². The number of guanidine groups is 1. The number of nitrogens with one attached hydrogen (secondary N) is 2. The maximum atomic E-state index is 12.0. The van der Waals surface area contributed by atoms with Crippen molar-refractivity contribution in [2.75, 3.05) is 32.7 Å². The first-order chi connectivity index (χ1) is 12.1. The molecule has 1 atom stereocenters. The lowest BCUT2D eigenvalue weighted by Crippen LogP contribution is -2.46. The molecule has 1 aromatic carbocycles. The van der Waals surface area contributed by atoms with Gasteiger partial charge >= 0.3 is 0 Å². The lowest BCUT2D eigenvalue weighted by molar-refractivity contribution is 0.0953. The van der Waals surface area contributed by atoms with Crippen LogP contribution >= 0.6 is 24.0 Å². The number of rotatable bonds is 6. The van der Waals surface area contributed by atoms with Crippen LogP contribution in [-0.2, 0) is 0 Å². The number of benzene rings is 1. The lowest BCUT2D eigenvalue weighted by Gasteiger charge is -2.33. The Hall–Kier alpha value is -1.51. The summed E-state index contributed by atoms with van der Waals surface area (Å²) in [5.74, 6) is 1.62. The van der Waals surface area contributed by atoms with Gasteiger partial charge in [-0.25, -0.2) is 0 Å². The van der Waals surface area contributed by atoms with E-state index in [9.17, 15) is 9.90 Å². The van der Waals surface area contributed by atoms with Crippen LogP contribution in [0, 0.1) is 5.92 Å². The van der Waals surface area contributed by atoms with Crippen molar-refractivity contribution < 1.29 is 9.90 Å². The van der Waals surface area contributed by atoms with E-state index in [1.807, 2.05) is 0 Å². The van der Waals surface area contributed by atoms with Gasteiger partial charge in [-0.2, -0.15) is 0 Å². The van der Waals surface area contributed by atoms with Crippen molar-refractivity contribution in [3.8, 4) is 5.75 Å². The highest BCUT2D eigenvalue weighted by atomic mass is 127. The van der Waals surface area contributed by atoms with Crippen molar-refractivity contribution in [3.63, 3.8) is 0 Å². The van der Waals surface area contributed by atoms with E-state index in [0.29, 0.717) is 24.6 Å². The van der Waals surface area contributed by atoms with Crippen molar-refractivity contribution in [1.29, 1.82) is 0 Å². The number of phenolic OH excluding ortho intramolecular Hbond substituents is 1. The number of phenols is 1. The first-order valence-corrected chi connectivity index (χ1v) is 9.20. The monoisotopic (exact) mass is 474 g/mol. The van der Waals surface area contributed by atoms with Crippen LogP contribution in [0.15, 0.2) is 29.3 Å². The summed E-state index contributed by atoms with van der Waals surface area (Å²) in [5, 5.41) is 15.6. The number of hydrogen-bond donors (Lipinski definition) is 3. The van der Waals surface area contributed by atoms with Gasteiger partial charge in [0.1, 0.15) is 5.75 Å². The fourth-order valence-electron chi connectivity index (χ4n) is 3.02. The Balaban J connectivity index is 0.00000338. The van der Waals surface area contributed by atoms with Crippen LogP contribution in [0.1, 0.15) is 43.5 Å². The average Bonchev–Trinajstić information content (AvgIpc) is 2.60. The Morgan fingerprint density at radius 3 is 2.88 bits per heavy atom. The number of carbonyl (C=O) groups excluding carboxylic acids is 1. The van der Waals surface area contributed by atoms with Crippen LogP contribution in [0.5, 0.6) is 5.75 Å². The Morgan fingerprint density at radius 2 is 2.19 bits per heavy atom. The Labute approximate surface area is 173 Å². The number of carbonyl (C=O) groups is 1. The molecule has 7 heteroatoms. The van der Waals surface area contributed by atoms with Gasteiger partial charge in [0.05, 0.1) is 0 Å². The number of piperidine rings is 1. The highest BCUT2D eigenvalue weighted by Gasteiger charge is 2.18. The van der Waals surface area contributed by atoms with E-state index in [2.05, 4.69) is 29.4 Å². The number of hydrogen-bond acceptors (Lipinski definition) is 3. The fourth-order valence-corrected chi connectivity index (χ4v) is 3.02. The van der Waals surface area contributed by atoms with E-state index in [-0.39, 0.29) is 35.6 Å². The maximum absolute atomic E-state index is 12.0. The number of halogens is 1. The summed E-state index contributed by atoms with van der Waals surface area (Å²) in [7, 11) is 0. The second-order valence-corrected chi connectivity index (χ2v) is 6.59. The number of aliphatic imine (C=N–C) groups is 1.